The van der Waals surface area contributed by atoms with Gasteiger partial charge in [-0.25, -0.2) is 0 Å². The lowest BCUT2D eigenvalue weighted by atomic mass is 10.1. The molecule has 4 rings (SSSR count). The predicted molar refractivity (Wildman–Crippen MR) is 117 cm³/mol. The van der Waals surface area contributed by atoms with Crippen LogP contribution >= 0.6 is 11.3 Å². The van der Waals surface area contributed by atoms with Crippen LogP contribution in [0.3, 0.4) is 0 Å². The first-order valence-corrected chi connectivity index (χ1v) is 11.3. The van der Waals surface area contributed by atoms with Crippen LogP contribution in [0.5, 0.6) is 0 Å². The van der Waals surface area contributed by atoms with Crippen molar-refractivity contribution in [3.8, 4) is 0 Å². The molecule has 6 nitrogen and oxygen atoms in total. The number of hydrogen-bond donors (Lipinski definition) is 1. The zero-order chi connectivity index (χ0) is 20.1. The van der Waals surface area contributed by atoms with Crippen LogP contribution < -0.4 is 5.32 Å². The first-order valence-electron chi connectivity index (χ1n) is 10.4. The smallest absolute Gasteiger partial charge is 0.265 e. The number of carbonyl (C=O) groups excluding carboxylic acids is 2. The zero-order valence-corrected chi connectivity index (χ0v) is 17.5. The van der Waals surface area contributed by atoms with Gasteiger partial charge in [0.1, 0.15) is 0 Å². The Morgan fingerprint density at radius 1 is 0.862 bits per heavy atom. The molecule has 29 heavy (non-hydrogen) atoms. The Morgan fingerprint density at radius 2 is 1.52 bits per heavy atom. The van der Waals surface area contributed by atoms with Gasteiger partial charge >= 0.3 is 0 Å². The van der Waals surface area contributed by atoms with E-state index >= 15 is 0 Å². The fourth-order valence-electron chi connectivity index (χ4n) is 3.94. The molecule has 1 aromatic heterocycles. The number of piperazine rings is 1. The third kappa shape index (κ3) is 5.23. The topological polar surface area (TPSA) is 55.9 Å². The molecule has 3 heterocycles. The molecule has 2 amide bonds. The number of likely N-dealkylation sites (tertiary alicyclic amines) is 1. The second-order valence-electron chi connectivity index (χ2n) is 7.69. The first-order chi connectivity index (χ1) is 14.2. The largest absolute Gasteiger partial charge is 0.336 e. The second-order valence-corrected chi connectivity index (χ2v) is 8.64. The van der Waals surface area contributed by atoms with Gasteiger partial charge in [0.2, 0.25) is 0 Å². The minimum absolute atomic E-state index is 0.0697. The van der Waals surface area contributed by atoms with Gasteiger partial charge in [-0.05, 0) is 61.6 Å². The van der Waals surface area contributed by atoms with Crippen molar-refractivity contribution >= 4 is 28.8 Å². The molecule has 0 saturated carbocycles. The summed E-state index contributed by atoms with van der Waals surface area (Å²) < 4.78 is 0. The highest BCUT2D eigenvalue weighted by Gasteiger charge is 2.23. The van der Waals surface area contributed by atoms with Crippen molar-refractivity contribution < 1.29 is 9.59 Å². The summed E-state index contributed by atoms with van der Waals surface area (Å²) in [6.45, 7) is 8.15. The summed E-state index contributed by atoms with van der Waals surface area (Å²) in [5.74, 6) is -0.0514. The molecule has 2 aliphatic heterocycles. The van der Waals surface area contributed by atoms with Crippen LogP contribution in [-0.4, -0.2) is 78.9 Å². The molecule has 2 aliphatic rings. The quantitative estimate of drug-likeness (QED) is 0.793. The molecule has 2 aromatic rings. The number of thiophene rings is 1. The van der Waals surface area contributed by atoms with Gasteiger partial charge < -0.3 is 15.1 Å². The lowest BCUT2D eigenvalue weighted by Gasteiger charge is -2.35. The Labute approximate surface area is 176 Å². The summed E-state index contributed by atoms with van der Waals surface area (Å²) >= 11 is 1.41. The summed E-state index contributed by atoms with van der Waals surface area (Å²) in [5.41, 5.74) is 1.37. The third-order valence-electron chi connectivity index (χ3n) is 5.73. The summed E-state index contributed by atoms with van der Waals surface area (Å²) in [6, 6.07) is 10.8. The highest BCUT2D eigenvalue weighted by atomic mass is 32.1. The number of benzene rings is 1. The molecule has 0 spiro atoms. The molecule has 1 aromatic carbocycles. The fourth-order valence-corrected chi connectivity index (χ4v) is 4.56. The maximum atomic E-state index is 12.8. The van der Waals surface area contributed by atoms with Crippen LogP contribution in [-0.2, 0) is 0 Å². The van der Waals surface area contributed by atoms with Gasteiger partial charge in [-0.2, -0.15) is 0 Å². The average Bonchev–Trinajstić information content (AvgIpc) is 3.47. The summed E-state index contributed by atoms with van der Waals surface area (Å²) in [6.07, 6.45) is 2.66. The van der Waals surface area contributed by atoms with E-state index in [4.69, 9.17) is 0 Å². The number of anilines is 1. The van der Waals surface area contributed by atoms with Crippen molar-refractivity contribution in [2.24, 2.45) is 0 Å². The molecule has 0 radical (unpaired) electrons. The van der Waals surface area contributed by atoms with E-state index < -0.39 is 0 Å². The van der Waals surface area contributed by atoms with E-state index in [1.165, 1.54) is 37.3 Å². The van der Waals surface area contributed by atoms with E-state index in [1.807, 2.05) is 16.3 Å². The van der Waals surface area contributed by atoms with Crippen molar-refractivity contribution in [1.82, 2.24) is 14.7 Å². The van der Waals surface area contributed by atoms with Crippen LogP contribution in [0.1, 0.15) is 32.9 Å². The van der Waals surface area contributed by atoms with Gasteiger partial charge in [-0.3, -0.25) is 14.5 Å². The van der Waals surface area contributed by atoms with E-state index in [2.05, 4.69) is 15.1 Å². The van der Waals surface area contributed by atoms with Crippen LogP contribution in [0.4, 0.5) is 5.69 Å². The number of hydrogen-bond acceptors (Lipinski definition) is 5. The molecule has 2 saturated heterocycles. The number of carbonyl (C=O) groups is 2. The lowest BCUT2D eigenvalue weighted by Crippen LogP contribution is -2.50. The van der Waals surface area contributed by atoms with E-state index in [0.717, 1.165) is 39.3 Å². The second kappa shape index (κ2) is 9.52. The maximum Gasteiger partial charge on any atom is 0.265 e. The third-order valence-corrected chi connectivity index (χ3v) is 6.59. The van der Waals surface area contributed by atoms with E-state index in [0.29, 0.717) is 16.1 Å². The number of amides is 2. The van der Waals surface area contributed by atoms with Crippen molar-refractivity contribution in [3.63, 3.8) is 0 Å². The molecule has 0 unspecified atom stereocenters. The molecular weight excluding hydrogens is 384 g/mol. The van der Waals surface area contributed by atoms with Gasteiger partial charge in [-0.15, -0.1) is 11.3 Å². The zero-order valence-electron chi connectivity index (χ0n) is 16.7. The Balaban J connectivity index is 1.24. The standard InChI is InChI=1S/C22H28N4O2S/c27-21(20-4-3-17-29-20)23-19-7-5-18(6-8-19)22(28)26-15-13-25(14-16-26)12-11-24-9-1-2-10-24/h3-8,17H,1-2,9-16H2,(H,23,27). The molecule has 1 N–H and O–H groups in total. The van der Waals surface area contributed by atoms with Gasteiger partial charge in [0.25, 0.3) is 11.8 Å². The predicted octanol–water partition coefficient (Wildman–Crippen LogP) is 2.85. The molecule has 7 heteroatoms. The number of nitrogens with zero attached hydrogens (tertiary/aromatic N) is 3. The number of nitrogens with one attached hydrogen (secondary N) is 1. The molecule has 154 valence electrons. The Morgan fingerprint density at radius 3 is 2.14 bits per heavy atom. The van der Waals surface area contributed by atoms with Gasteiger partial charge in [0.05, 0.1) is 4.88 Å². The Bertz CT molecular complexity index is 808. The Kier molecular flexibility index (Phi) is 6.59. The minimum Gasteiger partial charge on any atom is -0.336 e. The Hall–Kier alpha value is -2.22. The van der Waals surface area contributed by atoms with Gasteiger partial charge in [0, 0.05) is 50.5 Å². The lowest BCUT2D eigenvalue weighted by molar-refractivity contribution is 0.0626. The average molecular weight is 413 g/mol. The molecule has 0 aliphatic carbocycles. The fraction of sp³-hybridized carbons (Fsp3) is 0.455. The van der Waals surface area contributed by atoms with Gasteiger partial charge in [-0.1, -0.05) is 6.07 Å². The summed E-state index contributed by atoms with van der Waals surface area (Å²) in [4.78, 5) is 32.5. The van der Waals surface area contributed by atoms with E-state index in [1.54, 1.807) is 30.3 Å². The molecule has 0 bridgehead atoms. The van der Waals surface area contributed by atoms with Crippen LogP contribution in [0, 0.1) is 0 Å². The minimum atomic E-state index is -0.121. The van der Waals surface area contributed by atoms with Crippen molar-refractivity contribution in [1.29, 1.82) is 0 Å². The molecule has 2 fully saturated rings. The number of rotatable bonds is 6. The SMILES string of the molecule is O=C(Nc1ccc(C(=O)N2CCN(CCN3CCCC3)CC2)cc1)c1cccs1. The van der Waals surface area contributed by atoms with E-state index in [9.17, 15) is 9.59 Å². The maximum absolute atomic E-state index is 12.8. The summed E-state index contributed by atoms with van der Waals surface area (Å²) in [5, 5.41) is 4.75. The van der Waals surface area contributed by atoms with Crippen LogP contribution in [0.25, 0.3) is 0 Å². The molecule has 0 atom stereocenters. The van der Waals surface area contributed by atoms with Crippen molar-refractivity contribution in [2.45, 2.75) is 12.8 Å². The van der Waals surface area contributed by atoms with E-state index in [-0.39, 0.29) is 11.8 Å². The van der Waals surface area contributed by atoms with Gasteiger partial charge in [0.15, 0.2) is 0 Å². The van der Waals surface area contributed by atoms with Crippen LogP contribution in [0.15, 0.2) is 41.8 Å². The highest BCUT2D eigenvalue weighted by molar-refractivity contribution is 7.12. The molecular formula is C22H28N4O2S. The van der Waals surface area contributed by atoms with Crippen molar-refractivity contribution in [3.05, 3.63) is 52.2 Å². The normalized spacial score (nSPS) is 18.1. The highest BCUT2D eigenvalue weighted by Crippen LogP contribution is 2.16. The van der Waals surface area contributed by atoms with Crippen LogP contribution in [0.2, 0.25) is 0 Å². The van der Waals surface area contributed by atoms with Crippen molar-refractivity contribution in [2.75, 3.05) is 57.7 Å². The first kappa shape index (κ1) is 20.1. The summed E-state index contributed by atoms with van der Waals surface area (Å²) in [7, 11) is 0. The monoisotopic (exact) mass is 412 g/mol.